The van der Waals surface area contributed by atoms with Crippen molar-refractivity contribution in [1.82, 2.24) is 10.3 Å². The summed E-state index contributed by atoms with van der Waals surface area (Å²) in [4.78, 5) is 26.3. The SMILES string of the molecule is CC(C)(C)CNC(=O)c1cc(C(=O)O)ccn1. The molecule has 1 aromatic rings. The maximum atomic E-state index is 11.7. The lowest BCUT2D eigenvalue weighted by Crippen LogP contribution is -2.32. The molecule has 1 heterocycles. The van der Waals surface area contributed by atoms with E-state index in [1.165, 1.54) is 18.3 Å². The molecular formula is C12H16N2O3. The Kier molecular flexibility index (Phi) is 3.83. The van der Waals surface area contributed by atoms with E-state index in [4.69, 9.17) is 5.11 Å². The molecule has 0 radical (unpaired) electrons. The molecule has 5 nitrogen and oxygen atoms in total. The third-order valence-corrected chi connectivity index (χ3v) is 2.02. The molecule has 5 heteroatoms. The minimum Gasteiger partial charge on any atom is -0.478 e. The van der Waals surface area contributed by atoms with E-state index in [0.29, 0.717) is 6.54 Å². The molecule has 0 aromatic carbocycles. The smallest absolute Gasteiger partial charge is 0.335 e. The van der Waals surface area contributed by atoms with Crippen molar-refractivity contribution in [2.24, 2.45) is 5.41 Å². The number of pyridine rings is 1. The summed E-state index contributed by atoms with van der Waals surface area (Å²) in [5, 5.41) is 11.5. The summed E-state index contributed by atoms with van der Waals surface area (Å²) in [6.07, 6.45) is 1.31. The van der Waals surface area contributed by atoms with Crippen molar-refractivity contribution in [1.29, 1.82) is 0 Å². The largest absolute Gasteiger partial charge is 0.478 e. The number of hydrogen-bond donors (Lipinski definition) is 2. The molecule has 92 valence electrons. The number of aromatic nitrogens is 1. The van der Waals surface area contributed by atoms with Gasteiger partial charge in [-0.25, -0.2) is 4.79 Å². The second-order valence-electron chi connectivity index (χ2n) is 4.98. The first-order chi connectivity index (χ1) is 7.79. The van der Waals surface area contributed by atoms with E-state index in [0.717, 1.165) is 0 Å². The van der Waals surface area contributed by atoms with Gasteiger partial charge in [-0.2, -0.15) is 0 Å². The minimum atomic E-state index is -1.07. The molecule has 0 saturated heterocycles. The lowest BCUT2D eigenvalue weighted by atomic mass is 9.97. The van der Waals surface area contributed by atoms with Crippen LogP contribution in [0.25, 0.3) is 0 Å². The number of rotatable bonds is 3. The van der Waals surface area contributed by atoms with Gasteiger partial charge in [0, 0.05) is 12.7 Å². The van der Waals surface area contributed by atoms with Crippen molar-refractivity contribution >= 4 is 11.9 Å². The topological polar surface area (TPSA) is 79.3 Å². The molecule has 0 aliphatic carbocycles. The van der Waals surface area contributed by atoms with E-state index in [-0.39, 0.29) is 22.6 Å². The normalized spacial score (nSPS) is 11.0. The maximum Gasteiger partial charge on any atom is 0.335 e. The number of amides is 1. The second-order valence-corrected chi connectivity index (χ2v) is 4.98. The van der Waals surface area contributed by atoms with Crippen LogP contribution >= 0.6 is 0 Å². The summed E-state index contributed by atoms with van der Waals surface area (Å²) in [6, 6.07) is 2.61. The van der Waals surface area contributed by atoms with Crippen molar-refractivity contribution in [3.63, 3.8) is 0 Å². The van der Waals surface area contributed by atoms with E-state index in [9.17, 15) is 9.59 Å². The first kappa shape index (κ1) is 13.2. The average molecular weight is 236 g/mol. The van der Waals surface area contributed by atoms with Gasteiger partial charge in [0.1, 0.15) is 5.69 Å². The third-order valence-electron chi connectivity index (χ3n) is 2.02. The number of carboxylic acid groups (broad SMARTS) is 1. The van der Waals surface area contributed by atoms with Crippen LogP contribution in [0.3, 0.4) is 0 Å². The third kappa shape index (κ3) is 4.22. The number of hydrogen-bond acceptors (Lipinski definition) is 3. The van der Waals surface area contributed by atoms with Crippen LogP contribution in [0.4, 0.5) is 0 Å². The van der Waals surface area contributed by atoms with Gasteiger partial charge in [0.2, 0.25) is 0 Å². The van der Waals surface area contributed by atoms with Crippen molar-refractivity contribution in [3.8, 4) is 0 Å². The Hall–Kier alpha value is -1.91. The number of carbonyl (C=O) groups excluding carboxylic acids is 1. The summed E-state index contributed by atoms with van der Waals surface area (Å²) in [6.45, 7) is 6.49. The summed E-state index contributed by atoms with van der Waals surface area (Å²) < 4.78 is 0. The van der Waals surface area contributed by atoms with Gasteiger partial charge >= 0.3 is 5.97 Å². The van der Waals surface area contributed by atoms with E-state index in [2.05, 4.69) is 10.3 Å². The Morgan fingerprint density at radius 2 is 2.06 bits per heavy atom. The molecule has 0 bridgehead atoms. The van der Waals surface area contributed by atoms with Crippen molar-refractivity contribution in [2.75, 3.05) is 6.54 Å². The lowest BCUT2D eigenvalue weighted by molar-refractivity contribution is 0.0696. The van der Waals surface area contributed by atoms with Crippen molar-refractivity contribution in [3.05, 3.63) is 29.6 Å². The number of aromatic carboxylic acids is 1. The summed E-state index contributed by atoms with van der Waals surface area (Å²) in [7, 11) is 0. The van der Waals surface area contributed by atoms with Gasteiger partial charge in [0.15, 0.2) is 0 Å². The highest BCUT2D eigenvalue weighted by atomic mass is 16.4. The molecule has 0 aliphatic rings. The summed E-state index contributed by atoms with van der Waals surface area (Å²) >= 11 is 0. The first-order valence-corrected chi connectivity index (χ1v) is 5.27. The fourth-order valence-corrected chi connectivity index (χ4v) is 1.12. The fourth-order valence-electron chi connectivity index (χ4n) is 1.12. The molecule has 1 rings (SSSR count). The van der Waals surface area contributed by atoms with Crippen LogP contribution in [0, 0.1) is 5.41 Å². The van der Waals surface area contributed by atoms with Crippen LogP contribution in [0.2, 0.25) is 0 Å². The zero-order chi connectivity index (χ0) is 13.1. The van der Waals surface area contributed by atoms with E-state index in [1.807, 2.05) is 20.8 Å². The number of carboxylic acids is 1. The lowest BCUT2D eigenvalue weighted by Gasteiger charge is -2.18. The molecular weight excluding hydrogens is 220 g/mol. The maximum absolute atomic E-state index is 11.7. The van der Waals surface area contributed by atoms with Crippen molar-refractivity contribution < 1.29 is 14.7 Å². The molecule has 1 amide bonds. The Labute approximate surface area is 99.9 Å². The minimum absolute atomic E-state index is 0.0277. The number of nitrogens with zero attached hydrogens (tertiary/aromatic N) is 1. The van der Waals surface area contributed by atoms with Gasteiger partial charge in [-0.1, -0.05) is 20.8 Å². The van der Waals surface area contributed by atoms with Crippen LogP contribution in [-0.2, 0) is 0 Å². The van der Waals surface area contributed by atoms with E-state index in [1.54, 1.807) is 0 Å². The molecule has 1 aromatic heterocycles. The van der Waals surface area contributed by atoms with Gasteiger partial charge in [-0.15, -0.1) is 0 Å². The van der Waals surface area contributed by atoms with E-state index < -0.39 is 5.97 Å². The molecule has 0 atom stereocenters. The molecule has 0 fully saturated rings. The van der Waals surface area contributed by atoms with Crippen LogP contribution in [0.5, 0.6) is 0 Å². The molecule has 0 spiro atoms. The highest BCUT2D eigenvalue weighted by molar-refractivity contribution is 5.95. The van der Waals surface area contributed by atoms with Gasteiger partial charge < -0.3 is 10.4 Å². The molecule has 0 unspecified atom stereocenters. The predicted molar refractivity (Wildman–Crippen MR) is 63.0 cm³/mol. The summed E-state index contributed by atoms with van der Waals surface area (Å²) in [5.41, 5.74) is 0.148. The highest BCUT2D eigenvalue weighted by Crippen LogP contribution is 2.10. The van der Waals surface area contributed by atoms with E-state index >= 15 is 0 Å². The Balaban J connectivity index is 2.76. The van der Waals surface area contributed by atoms with Crippen LogP contribution in [0.15, 0.2) is 18.3 Å². The average Bonchev–Trinajstić information content (AvgIpc) is 2.25. The Morgan fingerprint density at radius 1 is 1.41 bits per heavy atom. The zero-order valence-corrected chi connectivity index (χ0v) is 10.2. The standard InChI is InChI=1S/C12H16N2O3/c1-12(2,3)7-14-10(15)9-6-8(11(16)17)4-5-13-9/h4-6H,7H2,1-3H3,(H,14,15)(H,16,17). The Bertz CT molecular complexity index is 436. The quantitative estimate of drug-likeness (QED) is 0.834. The van der Waals surface area contributed by atoms with Gasteiger partial charge in [-0.05, 0) is 17.5 Å². The molecule has 17 heavy (non-hydrogen) atoms. The Morgan fingerprint density at radius 3 is 2.59 bits per heavy atom. The second kappa shape index (κ2) is 4.95. The first-order valence-electron chi connectivity index (χ1n) is 5.27. The zero-order valence-electron chi connectivity index (χ0n) is 10.2. The summed E-state index contributed by atoms with van der Waals surface area (Å²) in [5.74, 6) is -1.43. The predicted octanol–water partition coefficient (Wildman–Crippen LogP) is 1.56. The fraction of sp³-hybridized carbons (Fsp3) is 0.417. The monoisotopic (exact) mass is 236 g/mol. The molecule has 2 N–H and O–H groups in total. The van der Waals surface area contributed by atoms with Crippen molar-refractivity contribution in [2.45, 2.75) is 20.8 Å². The molecule has 0 aliphatic heterocycles. The highest BCUT2D eigenvalue weighted by Gasteiger charge is 2.15. The van der Waals surface area contributed by atoms with Gasteiger partial charge in [-0.3, -0.25) is 9.78 Å². The molecule has 0 saturated carbocycles. The van der Waals surface area contributed by atoms with Gasteiger partial charge in [0.25, 0.3) is 5.91 Å². The van der Waals surface area contributed by atoms with Crippen LogP contribution in [-0.4, -0.2) is 28.5 Å². The van der Waals surface area contributed by atoms with Crippen LogP contribution in [0.1, 0.15) is 41.6 Å². The number of nitrogens with one attached hydrogen (secondary N) is 1. The van der Waals surface area contributed by atoms with Crippen LogP contribution < -0.4 is 5.32 Å². The van der Waals surface area contributed by atoms with Gasteiger partial charge in [0.05, 0.1) is 5.56 Å². The number of carbonyl (C=O) groups is 2.